The first-order valence-corrected chi connectivity index (χ1v) is 9.61. The van der Waals surface area contributed by atoms with E-state index in [4.69, 9.17) is 4.74 Å². The first kappa shape index (κ1) is 19.8. The Morgan fingerprint density at radius 1 is 0.923 bits per heavy atom. The average molecular weight is 375 g/mol. The maximum atomic E-state index is 12.3. The molecule has 138 valence electrons. The molecule has 0 unspecified atom stereocenters. The van der Waals surface area contributed by atoms with Crippen LogP contribution < -0.4 is 4.72 Å². The van der Waals surface area contributed by atoms with Crippen LogP contribution >= 0.6 is 0 Å². The summed E-state index contributed by atoms with van der Waals surface area (Å²) in [6, 6.07) is 13.7. The molecular formula is C19H21NO5S. The van der Waals surface area contributed by atoms with Gasteiger partial charge in [0.2, 0.25) is 15.8 Å². The zero-order chi connectivity index (χ0) is 19.3. The molecule has 6 nitrogen and oxygen atoms in total. The number of Topliss-reactive ketones (excluding diaryl/α,β-unsaturated/α-hetero) is 1. The van der Waals surface area contributed by atoms with Crippen molar-refractivity contribution in [3.8, 4) is 0 Å². The molecule has 26 heavy (non-hydrogen) atoms. The van der Waals surface area contributed by atoms with Gasteiger partial charge in [0.05, 0.1) is 10.5 Å². The van der Waals surface area contributed by atoms with Gasteiger partial charge in [-0.1, -0.05) is 36.4 Å². The third-order valence-corrected chi connectivity index (χ3v) is 5.14. The van der Waals surface area contributed by atoms with Gasteiger partial charge < -0.3 is 4.74 Å². The molecule has 0 aromatic heterocycles. The highest BCUT2D eigenvalue weighted by Crippen LogP contribution is 2.15. The molecule has 0 bridgehead atoms. The Kier molecular flexibility index (Phi) is 6.28. The van der Waals surface area contributed by atoms with Crippen LogP contribution in [0, 0.1) is 0 Å². The Labute approximate surface area is 153 Å². The van der Waals surface area contributed by atoms with E-state index in [1.807, 2.05) is 0 Å². The van der Waals surface area contributed by atoms with Gasteiger partial charge in [0.25, 0.3) is 0 Å². The van der Waals surface area contributed by atoms with Crippen molar-refractivity contribution in [2.75, 3.05) is 0 Å². The van der Waals surface area contributed by atoms with E-state index in [0.717, 1.165) is 0 Å². The fourth-order valence-corrected chi connectivity index (χ4v) is 3.58. The first-order valence-electron chi connectivity index (χ1n) is 8.13. The lowest BCUT2D eigenvalue weighted by Crippen LogP contribution is -2.30. The van der Waals surface area contributed by atoms with E-state index in [9.17, 15) is 18.0 Å². The number of hydrogen-bond donors (Lipinski definition) is 1. The van der Waals surface area contributed by atoms with Gasteiger partial charge in [-0.2, -0.15) is 0 Å². The number of carbonyl (C=O) groups is 2. The lowest BCUT2D eigenvalue weighted by atomic mass is 10.1. The van der Waals surface area contributed by atoms with Crippen LogP contribution in [0.25, 0.3) is 0 Å². The Bertz CT molecular complexity index is 891. The molecule has 1 atom stereocenters. The summed E-state index contributed by atoms with van der Waals surface area (Å²) in [5.41, 5.74) is 0.495. The zero-order valence-electron chi connectivity index (χ0n) is 14.8. The van der Waals surface area contributed by atoms with Crippen molar-refractivity contribution in [2.45, 2.75) is 37.8 Å². The third kappa shape index (κ3) is 5.00. The van der Waals surface area contributed by atoms with Gasteiger partial charge in [-0.05, 0) is 39.0 Å². The molecular weight excluding hydrogens is 354 g/mol. The summed E-state index contributed by atoms with van der Waals surface area (Å²) in [7, 11) is -3.73. The van der Waals surface area contributed by atoms with Crippen molar-refractivity contribution in [2.24, 2.45) is 0 Å². The molecule has 0 saturated carbocycles. The monoisotopic (exact) mass is 375 g/mol. The predicted octanol–water partition coefficient (Wildman–Crippen LogP) is 2.80. The minimum Gasteiger partial charge on any atom is -0.451 e. The third-order valence-electron chi connectivity index (χ3n) is 3.48. The minimum absolute atomic E-state index is 0.0392. The second kappa shape index (κ2) is 8.25. The van der Waals surface area contributed by atoms with Crippen molar-refractivity contribution < 1.29 is 22.7 Å². The molecule has 0 fully saturated rings. The number of rotatable bonds is 7. The topological polar surface area (TPSA) is 89.5 Å². The van der Waals surface area contributed by atoms with E-state index in [0.29, 0.717) is 5.56 Å². The molecule has 0 heterocycles. The Morgan fingerprint density at radius 3 is 2.15 bits per heavy atom. The maximum absolute atomic E-state index is 12.3. The van der Waals surface area contributed by atoms with Crippen molar-refractivity contribution in [1.82, 2.24) is 4.72 Å². The van der Waals surface area contributed by atoms with Gasteiger partial charge in [-0.15, -0.1) is 0 Å². The highest BCUT2D eigenvalue weighted by atomic mass is 32.2. The molecule has 0 saturated heterocycles. The molecule has 2 rings (SSSR count). The standard InChI is InChI=1S/C19H21NO5S/c1-13(2)20-26(23,24)17-11-7-10-16(12-17)19(22)25-14(3)18(21)15-8-5-4-6-9-15/h4-14,20H,1-3H3/t14-/m1/s1. The van der Waals surface area contributed by atoms with Gasteiger partial charge in [-0.3, -0.25) is 4.79 Å². The summed E-state index contributed by atoms with van der Waals surface area (Å²) in [5, 5.41) is 0. The Morgan fingerprint density at radius 2 is 1.54 bits per heavy atom. The minimum atomic E-state index is -3.73. The number of sulfonamides is 1. The van der Waals surface area contributed by atoms with Gasteiger partial charge in [-0.25, -0.2) is 17.9 Å². The first-order chi connectivity index (χ1) is 12.2. The zero-order valence-corrected chi connectivity index (χ0v) is 15.6. The number of carbonyl (C=O) groups excluding carboxylic acids is 2. The van der Waals surface area contributed by atoms with Crippen LogP contribution in [0.2, 0.25) is 0 Å². The van der Waals surface area contributed by atoms with E-state index < -0.39 is 22.1 Å². The molecule has 0 aliphatic heterocycles. The van der Waals surface area contributed by atoms with Gasteiger partial charge in [0.1, 0.15) is 0 Å². The van der Waals surface area contributed by atoms with Crippen molar-refractivity contribution in [3.05, 3.63) is 65.7 Å². The highest BCUT2D eigenvalue weighted by Gasteiger charge is 2.22. The van der Waals surface area contributed by atoms with Crippen molar-refractivity contribution in [3.63, 3.8) is 0 Å². The molecule has 0 spiro atoms. The SMILES string of the molecule is CC(C)NS(=O)(=O)c1cccc(C(=O)O[C@H](C)C(=O)c2ccccc2)c1. The molecule has 7 heteroatoms. The molecule has 2 aromatic rings. The highest BCUT2D eigenvalue weighted by molar-refractivity contribution is 7.89. The van der Waals surface area contributed by atoms with E-state index in [1.165, 1.54) is 31.2 Å². The van der Waals surface area contributed by atoms with Crippen LogP contribution in [0.5, 0.6) is 0 Å². The molecule has 2 aromatic carbocycles. The van der Waals surface area contributed by atoms with E-state index in [1.54, 1.807) is 44.2 Å². The Balaban J connectivity index is 2.15. The average Bonchev–Trinajstić information content (AvgIpc) is 2.60. The fraction of sp³-hybridized carbons (Fsp3) is 0.263. The van der Waals surface area contributed by atoms with Gasteiger partial charge >= 0.3 is 5.97 Å². The van der Waals surface area contributed by atoms with E-state index >= 15 is 0 Å². The van der Waals surface area contributed by atoms with E-state index in [2.05, 4.69) is 4.72 Å². The van der Waals surface area contributed by atoms with Crippen molar-refractivity contribution >= 4 is 21.8 Å². The Hall–Kier alpha value is -2.51. The number of ether oxygens (including phenoxy) is 1. The summed E-state index contributed by atoms with van der Waals surface area (Å²) in [6.45, 7) is 4.88. The van der Waals surface area contributed by atoms with Crippen LogP contribution in [-0.4, -0.2) is 32.3 Å². The second-order valence-corrected chi connectivity index (χ2v) is 7.80. The molecule has 1 N–H and O–H groups in total. The van der Waals surface area contributed by atoms with E-state index in [-0.39, 0.29) is 22.3 Å². The van der Waals surface area contributed by atoms with Gasteiger partial charge in [0, 0.05) is 11.6 Å². The molecule has 0 amide bonds. The second-order valence-electron chi connectivity index (χ2n) is 6.08. The van der Waals surface area contributed by atoms with Crippen LogP contribution in [0.3, 0.4) is 0 Å². The van der Waals surface area contributed by atoms with Crippen molar-refractivity contribution in [1.29, 1.82) is 0 Å². The van der Waals surface area contributed by atoms with Crippen LogP contribution in [0.1, 0.15) is 41.5 Å². The van der Waals surface area contributed by atoms with Crippen LogP contribution in [0.15, 0.2) is 59.5 Å². The van der Waals surface area contributed by atoms with Gasteiger partial charge in [0.15, 0.2) is 6.10 Å². The summed E-state index contributed by atoms with van der Waals surface area (Å²) < 4.78 is 32.1. The van der Waals surface area contributed by atoms with Crippen LogP contribution in [0.4, 0.5) is 0 Å². The number of benzene rings is 2. The number of nitrogens with one attached hydrogen (secondary N) is 1. The number of esters is 1. The normalized spacial score (nSPS) is 12.6. The molecule has 0 aliphatic rings. The molecule has 0 aliphatic carbocycles. The summed E-state index contributed by atoms with van der Waals surface area (Å²) in [4.78, 5) is 24.5. The van der Waals surface area contributed by atoms with Crippen LogP contribution in [-0.2, 0) is 14.8 Å². The smallest absolute Gasteiger partial charge is 0.338 e. The lowest BCUT2D eigenvalue weighted by Gasteiger charge is -2.13. The fourth-order valence-electron chi connectivity index (χ4n) is 2.29. The summed E-state index contributed by atoms with van der Waals surface area (Å²) in [5.74, 6) is -1.09. The largest absolute Gasteiger partial charge is 0.451 e. The number of ketones is 1. The predicted molar refractivity (Wildman–Crippen MR) is 97.5 cm³/mol. The quantitative estimate of drug-likeness (QED) is 0.594. The summed E-state index contributed by atoms with van der Waals surface area (Å²) >= 11 is 0. The summed E-state index contributed by atoms with van der Waals surface area (Å²) in [6.07, 6.45) is -0.987. The number of hydrogen-bond acceptors (Lipinski definition) is 5. The lowest BCUT2D eigenvalue weighted by molar-refractivity contribution is 0.0318. The molecule has 0 radical (unpaired) electrons. The maximum Gasteiger partial charge on any atom is 0.338 e.